The number of ether oxygens (including phenoxy) is 1. The second-order valence-electron chi connectivity index (χ2n) is 8.45. The number of hydrogen-bond donors (Lipinski definition) is 1. The quantitative estimate of drug-likeness (QED) is 0.846. The number of likely N-dealkylation sites (tertiary alicyclic amines) is 1. The van der Waals surface area contributed by atoms with Crippen LogP contribution in [0.5, 0.6) is 0 Å². The summed E-state index contributed by atoms with van der Waals surface area (Å²) in [6.07, 6.45) is 1.45. The van der Waals surface area contributed by atoms with Crippen molar-refractivity contribution < 1.29 is 14.3 Å². The number of rotatable bonds is 1. The van der Waals surface area contributed by atoms with E-state index in [0.29, 0.717) is 24.8 Å². The molecule has 0 aromatic carbocycles. The van der Waals surface area contributed by atoms with E-state index in [1.165, 1.54) is 0 Å². The van der Waals surface area contributed by atoms with Crippen molar-refractivity contribution in [3.63, 3.8) is 0 Å². The summed E-state index contributed by atoms with van der Waals surface area (Å²) in [6.45, 7) is 10.8. The monoisotopic (exact) mass is 345 g/mol. The number of fused-ring (bicyclic) bond motifs is 1. The van der Waals surface area contributed by atoms with E-state index in [2.05, 4.69) is 10.3 Å². The highest BCUT2D eigenvalue weighted by molar-refractivity contribution is 6.04. The number of aromatic nitrogens is 1. The van der Waals surface area contributed by atoms with Gasteiger partial charge in [-0.2, -0.15) is 0 Å². The van der Waals surface area contributed by atoms with Gasteiger partial charge in [-0.05, 0) is 53.5 Å². The van der Waals surface area contributed by atoms with Crippen LogP contribution in [-0.2, 0) is 14.9 Å². The first-order chi connectivity index (χ1) is 11.6. The minimum atomic E-state index is -0.527. The van der Waals surface area contributed by atoms with Crippen molar-refractivity contribution >= 4 is 17.8 Å². The van der Waals surface area contributed by atoms with E-state index in [-0.39, 0.29) is 12.0 Å². The number of amides is 2. The predicted molar refractivity (Wildman–Crippen MR) is 95.7 cm³/mol. The van der Waals surface area contributed by atoms with Crippen molar-refractivity contribution in [1.82, 2.24) is 9.88 Å². The number of pyridine rings is 1. The second kappa shape index (κ2) is 6.00. The third-order valence-corrected chi connectivity index (χ3v) is 4.95. The lowest BCUT2D eigenvalue weighted by atomic mass is 9.86. The molecular weight excluding hydrogens is 318 g/mol. The largest absolute Gasteiger partial charge is 0.444 e. The van der Waals surface area contributed by atoms with Crippen LogP contribution in [0.15, 0.2) is 12.1 Å². The first-order valence-corrected chi connectivity index (χ1v) is 8.89. The molecule has 0 radical (unpaired) electrons. The van der Waals surface area contributed by atoms with Gasteiger partial charge in [-0.3, -0.25) is 4.79 Å². The summed E-state index contributed by atoms with van der Waals surface area (Å²) in [5, 5.41) is 2.89. The van der Waals surface area contributed by atoms with Crippen LogP contribution in [0, 0.1) is 0 Å². The molecular formula is C19H27N3O3. The molecule has 0 unspecified atom stereocenters. The summed E-state index contributed by atoms with van der Waals surface area (Å²) in [5.74, 6) is 0.971. The van der Waals surface area contributed by atoms with E-state index < -0.39 is 11.0 Å². The Hall–Kier alpha value is -2.11. The maximum atomic E-state index is 12.2. The van der Waals surface area contributed by atoms with Crippen LogP contribution in [-0.4, -0.2) is 40.6 Å². The lowest BCUT2D eigenvalue weighted by molar-refractivity contribution is -0.119. The molecule has 3 rings (SSSR count). The fourth-order valence-electron chi connectivity index (χ4n) is 3.37. The normalized spacial score (nSPS) is 20.2. The Morgan fingerprint density at radius 1 is 1.28 bits per heavy atom. The van der Waals surface area contributed by atoms with Crippen molar-refractivity contribution in [3.05, 3.63) is 23.4 Å². The first kappa shape index (κ1) is 17.7. The van der Waals surface area contributed by atoms with Crippen LogP contribution in [0.3, 0.4) is 0 Å². The molecule has 6 heteroatoms. The highest BCUT2D eigenvalue weighted by atomic mass is 16.6. The minimum Gasteiger partial charge on any atom is -0.444 e. The zero-order valence-electron chi connectivity index (χ0n) is 15.7. The summed E-state index contributed by atoms with van der Waals surface area (Å²) in [4.78, 5) is 30.7. The number of nitrogens with one attached hydrogen (secondary N) is 1. The van der Waals surface area contributed by atoms with Crippen molar-refractivity contribution in [2.24, 2.45) is 0 Å². The molecule has 2 aliphatic rings. The van der Waals surface area contributed by atoms with Gasteiger partial charge in [-0.25, -0.2) is 9.78 Å². The van der Waals surface area contributed by atoms with Crippen LogP contribution >= 0.6 is 0 Å². The Bertz CT molecular complexity index is 698. The van der Waals surface area contributed by atoms with Gasteiger partial charge in [0.1, 0.15) is 11.4 Å². The maximum absolute atomic E-state index is 12.2. The third kappa shape index (κ3) is 3.48. The zero-order valence-corrected chi connectivity index (χ0v) is 15.7. The number of nitrogens with zero attached hydrogens (tertiary/aromatic N) is 2. The Morgan fingerprint density at radius 3 is 2.52 bits per heavy atom. The second-order valence-corrected chi connectivity index (χ2v) is 8.45. The average molecular weight is 345 g/mol. The number of piperidine rings is 1. The van der Waals surface area contributed by atoms with Gasteiger partial charge in [0.05, 0.1) is 5.41 Å². The molecule has 0 saturated carbocycles. The molecule has 136 valence electrons. The van der Waals surface area contributed by atoms with Crippen LogP contribution < -0.4 is 5.32 Å². The summed E-state index contributed by atoms with van der Waals surface area (Å²) in [5.41, 5.74) is 0.939. The Kier molecular flexibility index (Phi) is 4.25. The SMILES string of the molecule is CC(C)(C)OC(=O)N1CCC(c2ccc3c(n2)NC(=O)C3(C)C)CC1. The summed E-state index contributed by atoms with van der Waals surface area (Å²) >= 11 is 0. The van der Waals surface area contributed by atoms with Crippen LogP contribution in [0.4, 0.5) is 10.6 Å². The van der Waals surface area contributed by atoms with Gasteiger partial charge in [0, 0.05) is 30.3 Å². The van der Waals surface area contributed by atoms with Gasteiger partial charge < -0.3 is 15.0 Å². The van der Waals surface area contributed by atoms with Gasteiger partial charge >= 0.3 is 6.09 Å². The summed E-state index contributed by atoms with van der Waals surface area (Å²) < 4.78 is 5.44. The summed E-state index contributed by atoms with van der Waals surface area (Å²) in [7, 11) is 0. The molecule has 1 saturated heterocycles. The van der Waals surface area contributed by atoms with Gasteiger partial charge in [0.2, 0.25) is 5.91 Å². The van der Waals surface area contributed by atoms with Gasteiger partial charge in [-0.1, -0.05) is 6.07 Å². The predicted octanol–water partition coefficient (Wildman–Crippen LogP) is 3.43. The van der Waals surface area contributed by atoms with Crippen molar-refractivity contribution in [2.75, 3.05) is 18.4 Å². The lowest BCUT2D eigenvalue weighted by Crippen LogP contribution is -2.41. The van der Waals surface area contributed by atoms with Crippen LogP contribution in [0.25, 0.3) is 0 Å². The molecule has 25 heavy (non-hydrogen) atoms. The molecule has 0 atom stereocenters. The molecule has 0 spiro atoms. The zero-order chi connectivity index (χ0) is 18.4. The molecule has 0 bridgehead atoms. The Labute approximate surface area is 148 Å². The Balaban J connectivity index is 1.66. The molecule has 0 aliphatic carbocycles. The molecule has 2 amide bonds. The van der Waals surface area contributed by atoms with E-state index in [1.54, 1.807) is 4.90 Å². The van der Waals surface area contributed by atoms with E-state index in [4.69, 9.17) is 4.74 Å². The first-order valence-electron chi connectivity index (χ1n) is 8.89. The molecule has 3 heterocycles. The van der Waals surface area contributed by atoms with Crippen molar-refractivity contribution in [3.8, 4) is 0 Å². The fourth-order valence-corrected chi connectivity index (χ4v) is 3.37. The molecule has 1 aromatic heterocycles. The van der Waals surface area contributed by atoms with Crippen molar-refractivity contribution in [2.45, 2.75) is 64.4 Å². The number of carbonyl (C=O) groups is 2. The van der Waals surface area contributed by atoms with Gasteiger partial charge in [0.25, 0.3) is 0 Å². The smallest absolute Gasteiger partial charge is 0.410 e. The topological polar surface area (TPSA) is 71.5 Å². The standard InChI is InChI=1S/C19H27N3O3/c1-18(2,3)25-17(24)22-10-8-12(9-11-22)14-7-6-13-15(20-14)21-16(23)19(13,4)5/h6-7,12H,8-11H2,1-5H3,(H,20,21,23). The average Bonchev–Trinajstić information content (AvgIpc) is 2.75. The van der Waals surface area contributed by atoms with Crippen LogP contribution in [0.1, 0.15) is 64.6 Å². The molecule has 1 aromatic rings. The van der Waals surface area contributed by atoms with Gasteiger partial charge in [0.15, 0.2) is 0 Å². The maximum Gasteiger partial charge on any atom is 0.410 e. The molecule has 1 N–H and O–H groups in total. The van der Waals surface area contributed by atoms with Crippen LogP contribution in [0.2, 0.25) is 0 Å². The van der Waals surface area contributed by atoms with E-state index in [1.807, 2.05) is 46.8 Å². The highest BCUT2D eigenvalue weighted by Crippen LogP contribution is 2.38. The van der Waals surface area contributed by atoms with Gasteiger partial charge in [-0.15, -0.1) is 0 Å². The van der Waals surface area contributed by atoms with Crippen molar-refractivity contribution in [1.29, 1.82) is 0 Å². The highest BCUT2D eigenvalue weighted by Gasteiger charge is 2.39. The molecule has 2 aliphatic heterocycles. The number of hydrogen-bond acceptors (Lipinski definition) is 4. The third-order valence-electron chi connectivity index (χ3n) is 4.95. The minimum absolute atomic E-state index is 0.00750. The van der Waals surface area contributed by atoms with E-state index in [9.17, 15) is 9.59 Å². The van der Waals surface area contributed by atoms with E-state index in [0.717, 1.165) is 24.1 Å². The fraction of sp³-hybridized carbons (Fsp3) is 0.632. The van der Waals surface area contributed by atoms with E-state index >= 15 is 0 Å². The number of anilines is 1. The molecule has 6 nitrogen and oxygen atoms in total. The number of carbonyl (C=O) groups excluding carboxylic acids is 2. The molecule has 1 fully saturated rings. The lowest BCUT2D eigenvalue weighted by Gasteiger charge is -2.33. The Morgan fingerprint density at radius 2 is 1.92 bits per heavy atom. The summed E-state index contributed by atoms with van der Waals surface area (Å²) in [6, 6.07) is 4.03.